The van der Waals surface area contributed by atoms with Crippen LogP contribution in [0.1, 0.15) is 29.2 Å². The number of anilines is 1. The summed E-state index contributed by atoms with van der Waals surface area (Å²) in [6, 6.07) is 9.93. The summed E-state index contributed by atoms with van der Waals surface area (Å²) in [7, 11) is 1.69. The Labute approximate surface area is 174 Å². The van der Waals surface area contributed by atoms with E-state index in [0.717, 1.165) is 28.9 Å². The fourth-order valence-corrected chi connectivity index (χ4v) is 2.93. The zero-order valence-electron chi connectivity index (χ0n) is 17.4. The second-order valence-corrected chi connectivity index (χ2v) is 7.32. The lowest BCUT2D eigenvalue weighted by atomic mass is 10.1. The molecule has 1 atom stereocenters. The first kappa shape index (κ1) is 23.4. The van der Waals surface area contributed by atoms with E-state index in [1.807, 2.05) is 32.0 Å². The number of carbonyl (C=O) groups excluding carboxylic acids is 2. The largest absolute Gasteiger partial charge is 0.416 e. The van der Waals surface area contributed by atoms with Gasteiger partial charge in [-0.25, -0.2) is 0 Å². The summed E-state index contributed by atoms with van der Waals surface area (Å²) in [5.41, 5.74) is 2.52. The second-order valence-electron chi connectivity index (χ2n) is 7.32. The van der Waals surface area contributed by atoms with Crippen LogP contribution in [-0.4, -0.2) is 36.3 Å². The standard InChI is InChI=1S/C22H26F3N3O2/c1-14-6-5-7-15(2)20(14)27-19(29)12-26-21(30)16(3)28(4)13-17-8-10-18(11-9-17)22(23,24)25/h5-11,16H,12-13H2,1-4H3,(H,26,30)(H,27,29)/t16-/m1/s1. The number of benzene rings is 2. The minimum atomic E-state index is -4.38. The fraction of sp³-hybridized carbons (Fsp3) is 0.364. The fourth-order valence-electron chi connectivity index (χ4n) is 2.93. The second kappa shape index (κ2) is 9.75. The number of amides is 2. The van der Waals surface area contributed by atoms with Crippen LogP contribution < -0.4 is 10.6 Å². The lowest BCUT2D eigenvalue weighted by Crippen LogP contribution is -2.45. The zero-order chi connectivity index (χ0) is 22.5. The molecule has 2 aromatic carbocycles. The van der Waals surface area contributed by atoms with E-state index in [1.165, 1.54) is 12.1 Å². The van der Waals surface area contributed by atoms with E-state index in [2.05, 4.69) is 10.6 Å². The highest BCUT2D eigenvalue weighted by Crippen LogP contribution is 2.29. The molecule has 2 amide bonds. The van der Waals surface area contributed by atoms with E-state index in [1.54, 1.807) is 18.9 Å². The average molecular weight is 421 g/mol. The van der Waals surface area contributed by atoms with Crippen LogP contribution >= 0.6 is 0 Å². The molecule has 2 rings (SSSR count). The lowest BCUT2D eigenvalue weighted by molar-refractivity contribution is -0.137. The zero-order valence-corrected chi connectivity index (χ0v) is 17.4. The number of carbonyl (C=O) groups is 2. The van der Waals surface area contributed by atoms with Crippen molar-refractivity contribution in [3.63, 3.8) is 0 Å². The number of aryl methyl sites for hydroxylation is 2. The summed E-state index contributed by atoms with van der Waals surface area (Å²) in [6.45, 7) is 5.56. The van der Waals surface area contributed by atoms with Crippen molar-refractivity contribution in [2.24, 2.45) is 0 Å². The van der Waals surface area contributed by atoms with Gasteiger partial charge in [-0.1, -0.05) is 30.3 Å². The number of para-hydroxylation sites is 1. The molecule has 0 fully saturated rings. The minimum absolute atomic E-state index is 0.176. The minimum Gasteiger partial charge on any atom is -0.346 e. The Morgan fingerprint density at radius 1 is 1.03 bits per heavy atom. The van der Waals surface area contributed by atoms with Crippen LogP contribution in [0.2, 0.25) is 0 Å². The van der Waals surface area contributed by atoms with E-state index >= 15 is 0 Å². The first-order valence-electron chi connectivity index (χ1n) is 9.49. The van der Waals surface area contributed by atoms with Gasteiger partial charge in [0.2, 0.25) is 11.8 Å². The van der Waals surface area contributed by atoms with Crippen LogP contribution in [-0.2, 0) is 22.3 Å². The van der Waals surface area contributed by atoms with Gasteiger partial charge < -0.3 is 10.6 Å². The number of rotatable bonds is 7. The molecule has 0 saturated heterocycles. The maximum Gasteiger partial charge on any atom is 0.416 e. The molecule has 0 aromatic heterocycles. The highest BCUT2D eigenvalue weighted by atomic mass is 19.4. The Kier molecular flexibility index (Phi) is 7.61. The summed E-state index contributed by atoms with van der Waals surface area (Å²) in [6.07, 6.45) is -4.38. The van der Waals surface area contributed by atoms with Crippen LogP contribution in [0.15, 0.2) is 42.5 Å². The molecule has 8 heteroatoms. The van der Waals surface area contributed by atoms with Crippen molar-refractivity contribution < 1.29 is 22.8 Å². The highest BCUT2D eigenvalue weighted by molar-refractivity contribution is 5.96. The number of nitrogens with zero attached hydrogens (tertiary/aromatic N) is 1. The Bertz CT molecular complexity index is 875. The molecule has 5 nitrogen and oxygen atoms in total. The van der Waals surface area contributed by atoms with Gasteiger partial charge in [-0.3, -0.25) is 14.5 Å². The summed E-state index contributed by atoms with van der Waals surface area (Å²) in [4.78, 5) is 26.3. The van der Waals surface area contributed by atoms with Crippen LogP contribution in [0.3, 0.4) is 0 Å². The summed E-state index contributed by atoms with van der Waals surface area (Å²) in [5, 5.41) is 5.40. The van der Waals surface area contributed by atoms with Gasteiger partial charge in [-0.15, -0.1) is 0 Å². The van der Waals surface area contributed by atoms with Gasteiger partial charge in [0.15, 0.2) is 0 Å². The third kappa shape index (κ3) is 6.32. The summed E-state index contributed by atoms with van der Waals surface area (Å²) in [5.74, 6) is -0.681. The SMILES string of the molecule is Cc1cccc(C)c1NC(=O)CNC(=O)[C@@H](C)N(C)Cc1ccc(C(F)(F)F)cc1. The molecule has 0 aliphatic carbocycles. The Hall–Kier alpha value is -2.87. The molecular weight excluding hydrogens is 395 g/mol. The number of hydrogen-bond donors (Lipinski definition) is 2. The molecular formula is C22H26F3N3O2. The van der Waals surface area contributed by atoms with Crippen LogP contribution in [0.5, 0.6) is 0 Å². The third-order valence-electron chi connectivity index (χ3n) is 4.92. The molecule has 0 unspecified atom stereocenters. The Morgan fingerprint density at radius 3 is 2.13 bits per heavy atom. The van der Waals surface area contributed by atoms with Gasteiger partial charge in [0.05, 0.1) is 18.2 Å². The molecule has 30 heavy (non-hydrogen) atoms. The van der Waals surface area contributed by atoms with Crippen molar-refractivity contribution in [2.45, 2.75) is 39.5 Å². The van der Waals surface area contributed by atoms with Crippen molar-refractivity contribution in [3.8, 4) is 0 Å². The topological polar surface area (TPSA) is 61.4 Å². The van der Waals surface area contributed by atoms with Gasteiger partial charge in [0.25, 0.3) is 0 Å². The molecule has 0 spiro atoms. The van der Waals surface area contributed by atoms with Crippen LogP contribution in [0, 0.1) is 13.8 Å². The smallest absolute Gasteiger partial charge is 0.346 e. The van der Waals surface area contributed by atoms with Gasteiger partial charge in [-0.2, -0.15) is 13.2 Å². The molecule has 162 valence electrons. The maximum absolute atomic E-state index is 12.7. The van der Waals surface area contributed by atoms with Gasteiger partial charge in [0, 0.05) is 12.2 Å². The molecule has 0 heterocycles. The van der Waals surface area contributed by atoms with Crippen LogP contribution in [0.4, 0.5) is 18.9 Å². The number of hydrogen-bond acceptors (Lipinski definition) is 3. The first-order chi connectivity index (χ1) is 14.0. The van der Waals surface area contributed by atoms with E-state index < -0.39 is 17.8 Å². The van der Waals surface area contributed by atoms with Crippen molar-refractivity contribution in [1.29, 1.82) is 0 Å². The highest BCUT2D eigenvalue weighted by Gasteiger charge is 2.30. The maximum atomic E-state index is 12.7. The van der Waals surface area contributed by atoms with E-state index in [0.29, 0.717) is 12.1 Å². The van der Waals surface area contributed by atoms with Gasteiger partial charge in [0.1, 0.15) is 0 Å². The molecule has 2 N–H and O–H groups in total. The predicted octanol–water partition coefficient (Wildman–Crippen LogP) is 3.90. The lowest BCUT2D eigenvalue weighted by Gasteiger charge is -2.24. The number of halogens is 3. The number of nitrogens with one attached hydrogen (secondary N) is 2. The van der Waals surface area contributed by atoms with Crippen molar-refractivity contribution in [2.75, 3.05) is 18.9 Å². The van der Waals surface area contributed by atoms with E-state index in [4.69, 9.17) is 0 Å². The molecule has 0 radical (unpaired) electrons. The van der Waals surface area contributed by atoms with E-state index in [9.17, 15) is 22.8 Å². The Balaban J connectivity index is 1.86. The van der Waals surface area contributed by atoms with Crippen LogP contribution in [0.25, 0.3) is 0 Å². The quantitative estimate of drug-likeness (QED) is 0.713. The average Bonchev–Trinajstić information content (AvgIpc) is 2.68. The normalized spacial score (nSPS) is 12.5. The third-order valence-corrected chi connectivity index (χ3v) is 4.92. The number of likely N-dealkylation sites (N-methyl/N-ethyl adjacent to an activating group) is 1. The molecule has 0 aliphatic heterocycles. The van der Waals surface area contributed by atoms with Gasteiger partial charge in [-0.05, 0) is 56.6 Å². The summed E-state index contributed by atoms with van der Waals surface area (Å²) < 4.78 is 38.0. The van der Waals surface area contributed by atoms with E-state index in [-0.39, 0.29) is 18.4 Å². The predicted molar refractivity (Wildman–Crippen MR) is 110 cm³/mol. The first-order valence-corrected chi connectivity index (χ1v) is 9.49. The monoisotopic (exact) mass is 421 g/mol. The Morgan fingerprint density at radius 2 is 1.60 bits per heavy atom. The van der Waals surface area contributed by atoms with Crippen molar-refractivity contribution in [3.05, 3.63) is 64.7 Å². The molecule has 0 bridgehead atoms. The van der Waals surface area contributed by atoms with Crippen molar-refractivity contribution in [1.82, 2.24) is 10.2 Å². The van der Waals surface area contributed by atoms with Gasteiger partial charge >= 0.3 is 6.18 Å². The molecule has 2 aromatic rings. The van der Waals surface area contributed by atoms with Crippen molar-refractivity contribution >= 4 is 17.5 Å². The molecule has 0 aliphatic rings. The number of alkyl halides is 3. The molecule has 0 saturated carbocycles. The summed E-state index contributed by atoms with van der Waals surface area (Å²) >= 11 is 0.